The van der Waals surface area contributed by atoms with Crippen LogP contribution in [0, 0.1) is 20.7 Å². The number of nitriles is 1. The van der Waals surface area contributed by atoms with E-state index in [1.807, 2.05) is 6.07 Å². The third kappa shape index (κ3) is 2.92. The lowest BCUT2D eigenvalue weighted by molar-refractivity contribution is 0.631. The van der Waals surface area contributed by atoms with E-state index in [0.29, 0.717) is 16.3 Å². The molecule has 0 radical (unpaired) electrons. The number of hydrogen-bond donors (Lipinski definition) is 1. The van der Waals surface area contributed by atoms with Crippen molar-refractivity contribution in [2.24, 2.45) is 0 Å². The Balaban J connectivity index is 2.32. The van der Waals surface area contributed by atoms with Crippen molar-refractivity contribution in [3.63, 3.8) is 0 Å². The van der Waals surface area contributed by atoms with Crippen LogP contribution in [0.2, 0.25) is 5.02 Å². The van der Waals surface area contributed by atoms with Crippen LogP contribution < -0.4 is 5.32 Å². The van der Waals surface area contributed by atoms with Crippen LogP contribution in [0.1, 0.15) is 5.56 Å². The summed E-state index contributed by atoms with van der Waals surface area (Å²) in [6.07, 6.45) is 0. The van der Waals surface area contributed by atoms with Gasteiger partial charge in [-0.05, 0) is 59.0 Å². The molecule has 2 aromatic carbocycles. The number of hydrogen-bond acceptors (Lipinski definition) is 2. The molecular weight excluding hydrogens is 366 g/mol. The fourth-order valence-electron chi connectivity index (χ4n) is 1.42. The van der Waals surface area contributed by atoms with Gasteiger partial charge < -0.3 is 5.32 Å². The van der Waals surface area contributed by atoms with Gasteiger partial charge in [0, 0.05) is 8.59 Å². The molecule has 0 spiro atoms. The fourth-order valence-corrected chi connectivity index (χ4v) is 2.43. The molecule has 0 aliphatic heterocycles. The number of anilines is 2. The molecule has 0 saturated carbocycles. The van der Waals surface area contributed by atoms with Crippen molar-refractivity contribution < 1.29 is 4.39 Å². The van der Waals surface area contributed by atoms with E-state index in [-0.39, 0.29) is 0 Å². The van der Waals surface area contributed by atoms with Crippen molar-refractivity contribution in [2.45, 2.75) is 0 Å². The average molecular weight is 373 g/mol. The van der Waals surface area contributed by atoms with E-state index in [9.17, 15) is 4.39 Å². The largest absolute Gasteiger partial charge is 0.352 e. The maximum atomic E-state index is 13.7. The predicted octanol–water partition coefficient (Wildman–Crippen LogP) is 4.70. The van der Waals surface area contributed by atoms with Crippen molar-refractivity contribution in [1.82, 2.24) is 0 Å². The lowest BCUT2D eigenvalue weighted by atomic mass is 10.2. The molecule has 0 aromatic heterocycles. The number of halogens is 3. The Labute approximate surface area is 123 Å². The first-order chi connectivity index (χ1) is 8.60. The van der Waals surface area contributed by atoms with Gasteiger partial charge >= 0.3 is 0 Å². The van der Waals surface area contributed by atoms with E-state index in [1.165, 1.54) is 6.07 Å². The minimum absolute atomic E-state index is 0.295. The summed E-state index contributed by atoms with van der Waals surface area (Å²) in [5.41, 5.74) is 1.39. The predicted molar refractivity (Wildman–Crippen MR) is 78.6 cm³/mol. The van der Waals surface area contributed by atoms with E-state index in [2.05, 4.69) is 27.9 Å². The highest BCUT2D eigenvalue weighted by Gasteiger charge is 2.06. The Hall–Kier alpha value is -1.32. The second kappa shape index (κ2) is 5.55. The van der Waals surface area contributed by atoms with Gasteiger partial charge in [0.15, 0.2) is 0 Å². The highest BCUT2D eigenvalue weighted by atomic mass is 127. The van der Waals surface area contributed by atoms with Gasteiger partial charge in [0.05, 0.1) is 23.0 Å². The molecule has 0 aliphatic rings. The van der Waals surface area contributed by atoms with Gasteiger partial charge in [-0.1, -0.05) is 11.6 Å². The zero-order valence-corrected chi connectivity index (χ0v) is 12.0. The Morgan fingerprint density at radius 3 is 2.50 bits per heavy atom. The summed E-state index contributed by atoms with van der Waals surface area (Å²) in [6.45, 7) is 0. The summed E-state index contributed by atoms with van der Waals surface area (Å²) in [7, 11) is 0. The van der Waals surface area contributed by atoms with E-state index >= 15 is 0 Å². The van der Waals surface area contributed by atoms with Gasteiger partial charge in [-0.25, -0.2) is 4.39 Å². The molecule has 2 aromatic rings. The molecule has 0 heterocycles. The van der Waals surface area contributed by atoms with E-state index in [1.54, 1.807) is 30.3 Å². The molecule has 18 heavy (non-hydrogen) atoms. The van der Waals surface area contributed by atoms with Crippen LogP contribution >= 0.6 is 34.2 Å². The fraction of sp³-hybridized carbons (Fsp3) is 0. The van der Waals surface area contributed by atoms with E-state index in [0.717, 1.165) is 9.26 Å². The molecule has 1 N–H and O–H groups in total. The highest BCUT2D eigenvalue weighted by Crippen LogP contribution is 2.27. The molecule has 2 nitrogen and oxygen atoms in total. The summed E-state index contributed by atoms with van der Waals surface area (Å²) >= 11 is 7.96. The summed E-state index contributed by atoms with van der Waals surface area (Å²) < 4.78 is 14.6. The number of nitrogens with zero attached hydrogens (tertiary/aromatic N) is 1. The molecule has 2 rings (SSSR count). The van der Waals surface area contributed by atoms with Crippen molar-refractivity contribution in [3.05, 3.63) is 56.4 Å². The summed E-state index contributed by atoms with van der Waals surface area (Å²) in [4.78, 5) is 0. The first kappa shape index (κ1) is 13.1. The minimum atomic E-state index is -0.459. The number of nitrogens with one attached hydrogen (secondary N) is 1. The first-order valence-electron chi connectivity index (χ1n) is 5.02. The normalized spacial score (nSPS) is 9.89. The SMILES string of the molecule is N#Cc1ccc(Nc2ccc(Cl)cc2I)c(F)c1. The third-order valence-electron chi connectivity index (χ3n) is 2.30. The smallest absolute Gasteiger partial charge is 0.147 e. The molecule has 0 saturated heterocycles. The van der Waals surface area contributed by atoms with E-state index in [4.69, 9.17) is 16.9 Å². The molecule has 90 valence electrons. The van der Waals surface area contributed by atoms with Crippen LogP contribution in [0.3, 0.4) is 0 Å². The molecule has 0 atom stereocenters. The second-order valence-electron chi connectivity index (χ2n) is 3.56. The zero-order chi connectivity index (χ0) is 13.1. The average Bonchev–Trinajstić information content (AvgIpc) is 2.34. The van der Waals surface area contributed by atoms with Crippen molar-refractivity contribution in [1.29, 1.82) is 5.26 Å². The molecule has 0 aliphatic carbocycles. The van der Waals surface area contributed by atoms with Crippen LogP contribution in [-0.4, -0.2) is 0 Å². The Morgan fingerprint density at radius 2 is 1.89 bits per heavy atom. The van der Waals surface area contributed by atoms with Crippen molar-refractivity contribution >= 4 is 45.6 Å². The molecule has 0 bridgehead atoms. The third-order valence-corrected chi connectivity index (χ3v) is 3.43. The van der Waals surface area contributed by atoms with E-state index < -0.39 is 5.82 Å². The Morgan fingerprint density at radius 1 is 1.17 bits per heavy atom. The standard InChI is InChI=1S/C13H7ClFIN2/c14-9-2-4-13(11(16)6-9)18-12-3-1-8(7-17)5-10(12)15/h1-6,18H. The van der Waals surface area contributed by atoms with Gasteiger partial charge in [-0.2, -0.15) is 5.26 Å². The van der Waals surface area contributed by atoms with Crippen LogP contribution in [-0.2, 0) is 0 Å². The highest BCUT2D eigenvalue weighted by molar-refractivity contribution is 14.1. The van der Waals surface area contributed by atoms with Gasteiger partial charge in [0.1, 0.15) is 5.82 Å². The zero-order valence-electron chi connectivity index (χ0n) is 9.05. The first-order valence-corrected chi connectivity index (χ1v) is 6.47. The topological polar surface area (TPSA) is 35.8 Å². The van der Waals surface area contributed by atoms with Gasteiger partial charge in [-0.15, -0.1) is 0 Å². The van der Waals surface area contributed by atoms with Crippen molar-refractivity contribution in [2.75, 3.05) is 5.32 Å². The van der Waals surface area contributed by atoms with Gasteiger partial charge in [0.2, 0.25) is 0 Å². The maximum absolute atomic E-state index is 13.7. The van der Waals surface area contributed by atoms with Crippen LogP contribution in [0.5, 0.6) is 0 Å². The summed E-state index contributed by atoms with van der Waals surface area (Å²) in [5, 5.41) is 12.3. The maximum Gasteiger partial charge on any atom is 0.147 e. The lowest BCUT2D eigenvalue weighted by Crippen LogP contribution is -1.96. The molecule has 5 heteroatoms. The van der Waals surface area contributed by atoms with Crippen LogP contribution in [0.15, 0.2) is 36.4 Å². The Bertz CT molecular complexity index is 637. The van der Waals surface area contributed by atoms with Gasteiger partial charge in [-0.3, -0.25) is 0 Å². The summed E-state index contributed by atoms with van der Waals surface area (Å²) in [5.74, 6) is -0.459. The minimum Gasteiger partial charge on any atom is -0.352 e. The summed E-state index contributed by atoms with van der Waals surface area (Å²) in [6, 6.07) is 11.5. The van der Waals surface area contributed by atoms with Crippen LogP contribution in [0.4, 0.5) is 15.8 Å². The number of rotatable bonds is 2. The quantitative estimate of drug-likeness (QED) is 0.776. The van der Waals surface area contributed by atoms with Crippen LogP contribution in [0.25, 0.3) is 0 Å². The lowest BCUT2D eigenvalue weighted by Gasteiger charge is -2.09. The molecule has 0 unspecified atom stereocenters. The Kier molecular flexibility index (Phi) is 4.04. The van der Waals surface area contributed by atoms with Crippen molar-refractivity contribution in [3.8, 4) is 6.07 Å². The molecule has 0 amide bonds. The monoisotopic (exact) mass is 372 g/mol. The van der Waals surface area contributed by atoms with Gasteiger partial charge in [0.25, 0.3) is 0 Å². The molecule has 0 fully saturated rings. The molecular formula is C13H7ClFIN2. The number of benzene rings is 2. The second-order valence-corrected chi connectivity index (χ2v) is 5.15.